The lowest BCUT2D eigenvalue weighted by molar-refractivity contribution is -0.140. The molecule has 1 aromatic carbocycles. The molecular formula is C12H14N2O5. The normalized spacial score (nSPS) is 11.6. The smallest absolute Gasteiger partial charge is 0.326 e. The highest BCUT2D eigenvalue weighted by atomic mass is 16.4. The molecular weight excluding hydrogens is 252 g/mol. The van der Waals surface area contributed by atoms with Crippen molar-refractivity contribution in [3.8, 4) is 5.75 Å². The summed E-state index contributed by atoms with van der Waals surface area (Å²) >= 11 is 0. The van der Waals surface area contributed by atoms with Crippen LogP contribution >= 0.6 is 0 Å². The number of aryl methyl sites for hydroxylation is 1. The Morgan fingerprint density at radius 1 is 1.37 bits per heavy atom. The van der Waals surface area contributed by atoms with E-state index in [2.05, 4.69) is 5.32 Å². The first-order valence-electron chi connectivity index (χ1n) is 5.43. The van der Waals surface area contributed by atoms with Crippen LogP contribution in [0.5, 0.6) is 5.75 Å². The SMILES string of the molecule is Cc1ccc(O)c(C(=O)N[C@@H](CC(N)=O)C(=O)O)c1. The van der Waals surface area contributed by atoms with Crippen molar-refractivity contribution in [1.29, 1.82) is 0 Å². The van der Waals surface area contributed by atoms with E-state index in [1.807, 2.05) is 0 Å². The van der Waals surface area contributed by atoms with E-state index in [4.69, 9.17) is 10.8 Å². The monoisotopic (exact) mass is 266 g/mol. The van der Waals surface area contributed by atoms with E-state index in [1.54, 1.807) is 13.0 Å². The molecule has 7 nitrogen and oxygen atoms in total. The van der Waals surface area contributed by atoms with Gasteiger partial charge < -0.3 is 21.3 Å². The largest absolute Gasteiger partial charge is 0.507 e. The molecule has 0 aliphatic carbocycles. The molecule has 0 unspecified atom stereocenters. The van der Waals surface area contributed by atoms with E-state index in [0.717, 1.165) is 5.56 Å². The number of primary amides is 1. The van der Waals surface area contributed by atoms with Gasteiger partial charge in [0, 0.05) is 0 Å². The van der Waals surface area contributed by atoms with Gasteiger partial charge in [-0.15, -0.1) is 0 Å². The minimum Gasteiger partial charge on any atom is -0.507 e. The molecule has 0 aliphatic rings. The van der Waals surface area contributed by atoms with Crippen LogP contribution in [-0.2, 0) is 9.59 Å². The molecule has 102 valence electrons. The zero-order chi connectivity index (χ0) is 14.6. The van der Waals surface area contributed by atoms with E-state index in [9.17, 15) is 19.5 Å². The van der Waals surface area contributed by atoms with Crippen molar-refractivity contribution in [2.75, 3.05) is 0 Å². The van der Waals surface area contributed by atoms with Crippen molar-refractivity contribution in [3.63, 3.8) is 0 Å². The summed E-state index contributed by atoms with van der Waals surface area (Å²) in [5.41, 5.74) is 5.56. The topological polar surface area (TPSA) is 130 Å². The van der Waals surface area contributed by atoms with Crippen LogP contribution in [0.3, 0.4) is 0 Å². The third-order valence-electron chi connectivity index (χ3n) is 2.41. The summed E-state index contributed by atoms with van der Waals surface area (Å²) in [6.07, 6.45) is -0.520. The van der Waals surface area contributed by atoms with E-state index < -0.39 is 30.2 Å². The van der Waals surface area contributed by atoms with Crippen molar-refractivity contribution < 1.29 is 24.6 Å². The molecule has 0 heterocycles. The second kappa shape index (κ2) is 5.85. The number of carboxylic acid groups (broad SMARTS) is 1. The summed E-state index contributed by atoms with van der Waals surface area (Å²) in [5, 5.41) is 20.5. The number of phenols is 1. The van der Waals surface area contributed by atoms with Gasteiger partial charge in [0.25, 0.3) is 5.91 Å². The van der Waals surface area contributed by atoms with Gasteiger partial charge in [0.1, 0.15) is 11.8 Å². The zero-order valence-electron chi connectivity index (χ0n) is 10.2. The minimum atomic E-state index is -1.43. The first kappa shape index (κ1) is 14.5. The number of nitrogens with two attached hydrogens (primary N) is 1. The quantitative estimate of drug-likeness (QED) is 0.584. The number of aromatic hydroxyl groups is 1. The van der Waals surface area contributed by atoms with E-state index in [-0.39, 0.29) is 11.3 Å². The number of nitrogens with one attached hydrogen (secondary N) is 1. The van der Waals surface area contributed by atoms with Gasteiger partial charge in [-0.25, -0.2) is 4.79 Å². The van der Waals surface area contributed by atoms with Gasteiger partial charge in [-0.05, 0) is 19.1 Å². The van der Waals surface area contributed by atoms with E-state index in [0.29, 0.717) is 0 Å². The molecule has 0 saturated carbocycles. The number of benzene rings is 1. The van der Waals surface area contributed by atoms with Gasteiger partial charge in [0.2, 0.25) is 5.91 Å². The maximum absolute atomic E-state index is 11.8. The fourth-order valence-corrected chi connectivity index (χ4v) is 1.47. The fraction of sp³-hybridized carbons (Fsp3) is 0.250. The summed E-state index contributed by atoms with van der Waals surface area (Å²) in [6, 6.07) is 2.91. The lowest BCUT2D eigenvalue weighted by atomic mass is 10.1. The Kier molecular flexibility index (Phi) is 4.46. The van der Waals surface area contributed by atoms with Gasteiger partial charge in [-0.1, -0.05) is 11.6 Å². The van der Waals surface area contributed by atoms with Gasteiger partial charge in [-0.3, -0.25) is 9.59 Å². The van der Waals surface area contributed by atoms with Gasteiger partial charge >= 0.3 is 5.97 Å². The first-order chi connectivity index (χ1) is 8.81. The third kappa shape index (κ3) is 3.98. The summed E-state index contributed by atoms with van der Waals surface area (Å²) in [5.74, 6) is -3.28. The summed E-state index contributed by atoms with van der Waals surface area (Å²) < 4.78 is 0. The maximum Gasteiger partial charge on any atom is 0.326 e. The van der Waals surface area contributed by atoms with Crippen LogP contribution in [0.25, 0.3) is 0 Å². The summed E-state index contributed by atoms with van der Waals surface area (Å²) in [7, 11) is 0. The minimum absolute atomic E-state index is 0.0595. The molecule has 5 N–H and O–H groups in total. The molecule has 7 heteroatoms. The standard InChI is InChI=1S/C12H14N2O5/c1-6-2-3-9(15)7(4-6)11(17)14-8(12(18)19)5-10(13)16/h2-4,8,15H,5H2,1H3,(H2,13,16)(H,14,17)(H,18,19)/t8-/m0/s1. The molecule has 0 saturated heterocycles. The third-order valence-corrected chi connectivity index (χ3v) is 2.41. The number of carbonyl (C=O) groups excluding carboxylic acids is 2. The number of carboxylic acids is 1. The molecule has 0 fully saturated rings. The van der Waals surface area contributed by atoms with Crippen LogP contribution in [0.2, 0.25) is 0 Å². The molecule has 19 heavy (non-hydrogen) atoms. The Bertz CT molecular complexity index is 527. The van der Waals surface area contributed by atoms with Crippen molar-refractivity contribution in [2.45, 2.75) is 19.4 Å². The number of phenolic OH excluding ortho intramolecular Hbond substituents is 1. The van der Waals surface area contributed by atoms with Crippen LogP contribution < -0.4 is 11.1 Å². The number of rotatable bonds is 5. The van der Waals surface area contributed by atoms with Crippen LogP contribution in [0.4, 0.5) is 0 Å². The molecule has 1 atom stereocenters. The highest BCUT2D eigenvalue weighted by molar-refractivity contribution is 5.99. The lowest BCUT2D eigenvalue weighted by Crippen LogP contribution is -2.43. The molecule has 1 rings (SSSR count). The molecule has 0 spiro atoms. The summed E-state index contributed by atoms with van der Waals surface area (Å²) in [4.78, 5) is 33.4. The van der Waals surface area contributed by atoms with Gasteiger partial charge in [0.05, 0.1) is 12.0 Å². The Balaban J connectivity index is 2.90. The van der Waals surface area contributed by atoms with Crippen LogP contribution in [0, 0.1) is 6.92 Å². The van der Waals surface area contributed by atoms with E-state index in [1.165, 1.54) is 12.1 Å². The van der Waals surface area contributed by atoms with Gasteiger partial charge in [-0.2, -0.15) is 0 Å². The number of hydrogen-bond donors (Lipinski definition) is 4. The van der Waals surface area contributed by atoms with Crippen LogP contribution in [0.15, 0.2) is 18.2 Å². The fourth-order valence-electron chi connectivity index (χ4n) is 1.47. The average molecular weight is 266 g/mol. The van der Waals surface area contributed by atoms with Crippen molar-refractivity contribution in [3.05, 3.63) is 29.3 Å². The second-order valence-electron chi connectivity index (χ2n) is 4.06. The number of aliphatic carboxylic acids is 1. The molecule has 1 aromatic rings. The second-order valence-corrected chi connectivity index (χ2v) is 4.06. The molecule has 0 aromatic heterocycles. The molecule has 0 bridgehead atoms. The maximum atomic E-state index is 11.8. The van der Waals surface area contributed by atoms with Crippen LogP contribution in [-0.4, -0.2) is 34.0 Å². The summed E-state index contributed by atoms with van der Waals surface area (Å²) in [6.45, 7) is 1.72. The Morgan fingerprint density at radius 2 is 2.00 bits per heavy atom. The molecule has 0 aliphatic heterocycles. The van der Waals surface area contributed by atoms with Gasteiger partial charge in [0.15, 0.2) is 0 Å². The number of carbonyl (C=O) groups is 3. The Morgan fingerprint density at radius 3 is 2.53 bits per heavy atom. The predicted molar refractivity (Wildman–Crippen MR) is 65.5 cm³/mol. The van der Waals surface area contributed by atoms with Crippen molar-refractivity contribution >= 4 is 17.8 Å². The number of amides is 2. The van der Waals surface area contributed by atoms with E-state index >= 15 is 0 Å². The zero-order valence-corrected chi connectivity index (χ0v) is 10.2. The Labute approximate surface area is 109 Å². The molecule has 0 radical (unpaired) electrons. The first-order valence-corrected chi connectivity index (χ1v) is 5.43. The average Bonchev–Trinajstić information content (AvgIpc) is 2.30. The highest BCUT2D eigenvalue weighted by Gasteiger charge is 2.23. The molecule has 2 amide bonds. The van der Waals surface area contributed by atoms with Crippen LogP contribution in [0.1, 0.15) is 22.3 Å². The van der Waals surface area contributed by atoms with Crippen molar-refractivity contribution in [2.24, 2.45) is 5.73 Å². The predicted octanol–water partition coefficient (Wildman–Crippen LogP) is -0.241. The lowest BCUT2D eigenvalue weighted by Gasteiger charge is -2.13. The Hall–Kier alpha value is -2.57. The van der Waals surface area contributed by atoms with Crippen molar-refractivity contribution in [1.82, 2.24) is 5.32 Å². The number of hydrogen-bond acceptors (Lipinski definition) is 4. The highest BCUT2D eigenvalue weighted by Crippen LogP contribution is 2.18.